The molecule has 6 aromatic carbocycles. The molecule has 0 saturated carbocycles. The lowest BCUT2D eigenvalue weighted by Crippen LogP contribution is -2.27. The van der Waals surface area contributed by atoms with E-state index in [9.17, 15) is 19.6 Å². The quantitative estimate of drug-likeness (QED) is 0.114. The van der Waals surface area contributed by atoms with Crippen molar-refractivity contribution in [1.82, 2.24) is 5.32 Å². The second-order valence-electron chi connectivity index (χ2n) is 12.5. The van der Waals surface area contributed by atoms with E-state index in [1.807, 2.05) is 66.7 Å². The van der Waals surface area contributed by atoms with Crippen LogP contribution < -0.4 is 31.4 Å². The number of rotatable bonds is 9. The first kappa shape index (κ1) is 41.0. The molecule has 11 nitrogen and oxygen atoms in total. The summed E-state index contributed by atoms with van der Waals surface area (Å²) in [6.07, 6.45) is 0. The molecule has 2 heterocycles. The van der Waals surface area contributed by atoms with Gasteiger partial charge in [0.15, 0.2) is 0 Å². The first-order chi connectivity index (χ1) is 26.7. The van der Waals surface area contributed by atoms with Crippen LogP contribution in [0.5, 0.6) is 23.0 Å². The molecule has 1 amide bonds. The number of carboxylic acids is 1. The first-order valence-electron chi connectivity index (χ1n) is 17.5. The summed E-state index contributed by atoms with van der Waals surface area (Å²) in [6.45, 7) is 1.85. The number of hydrogen-bond donors (Lipinski definition) is 5. The van der Waals surface area contributed by atoms with Gasteiger partial charge in [-0.15, -0.1) is 0 Å². The summed E-state index contributed by atoms with van der Waals surface area (Å²) in [5, 5.41) is 30.9. The third-order valence-corrected chi connectivity index (χ3v) is 8.62. The average Bonchev–Trinajstić information content (AvgIpc) is 3.79. The highest BCUT2D eigenvalue weighted by molar-refractivity contribution is 6.62. The predicted octanol–water partition coefficient (Wildman–Crippen LogP) is 5.80. The molecule has 6 aromatic rings. The normalized spacial score (nSPS) is 12.1. The molecule has 0 unspecified atom stereocenters. The van der Waals surface area contributed by atoms with E-state index in [1.165, 1.54) is 17.7 Å². The van der Waals surface area contributed by atoms with Crippen molar-refractivity contribution >= 4 is 37.0 Å². The van der Waals surface area contributed by atoms with Crippen LogP contribution >= 0.6 is 0 Å². The third-order valence-electron chi connectivity index (χ3n) is 8.62. The Kier molecular flexibility index (Phi) is 14.6. The largest absolute Gasteiger partial charge is 0.491 e. The van der Waals surface area contributed by atoms with E-state index in [2.05, 4.69) is 5.32 Å². The minimum Gasteiger partial charge on any atom is -0.478 e. The lowest BCUT2D eigenvalue weighted by molar-refractivity contribution is 0.0696. The van der Waals surface area contributed by atoms with Crippen LogP contribution in [0.3, 0.4) is 0 Å². The van der Waals surface area contributed by atoms with Crippen molar-refractivity contribution in [3.63, 3.8) is 0 Å². The smallest absolute Gasteiger partial charge is 0.478 e. The van der Waals surface area contributed by atoms with Crippen LogP contribution in [-0.2, 0) is 35.6 Å². The number of nitrogens with two attached hydrogens (primary N) is 1. The van der Waals surface area contributed by atoms with E-state index in [4.69, 9.17) is 29.6 Å². The molecule has 13 heteroatoms. The molecule has 0 atom stereocenters. The highest BCUT2D eigenvalue weighted by Gasteiger charge is 2.28. The summed E-state index contributed by atoms with van der Waals surface area (Å²) in [7, 11) is -1.73. The fourth-order valence-electron chi connectivity index (χ4n) is 5.65. The molecule has 284 valence electrons. The standard InChI is InChI=1S/C21H18BNO4.C14H11BO5.C7H9N.CH4/c24-21(23-13-15-4-2-1-3-5-15)16-6-8-18(9-7-16)27-19-10-11-20-17(12-19)14-26-22(20)25;16-14(17)9-1-3-11(4-2-9)20-12-5-6-13-10(7-12)8-19-15(13)18;8-6-7-4-2-1-3-5-7;/h1-12,25H,13-14H2,(H,23,24);1-7,18H,8H2,(H,16,17);1-5H,6,8H2;1H4. The molecular weight excluding hydrogens is 710 g/mol. The van der Waals surface area contributed by atoms with Gasteiger partial charge in [-0.25, -0.2) is 4.79 Å². The molecule has 0 saturated heterocycles. The van der Waals surface area contributed by atoms with Gasteiger partial charge in [0, 0.05) is 18.7 Å². The Labute approximate surface area is 326 Å². The van der Waals surface area contributed by atoms with Crippen molar-refractivity contribution in [3.8, 4) is 23.0 Å². The number of nitrogens with one attached hydrogen (secondary N) is 1. The van der Waals surface area contributed by atoms with Crippen LogP contribution in [-0.4, -0.2) is 41.3 Å². The molecule has 0 radical (unpaired) electrons. The Morgan fingerprint density at radius 2 is 1.04 bits per heavy atom. The number of carbonyl (C=O) groups is 2. The van der Waals surface area contributed by atoms with Gasteiger partial charge >= 0.3 is 20.2 Å². The van der Waals surface area contributed by atoms with E-state index < -0.39 is 20.2 Å². The Bertz CT molecular complexity index is 2190. The highest BCUT2D eigenvalue weighted by atomic mass is 16.5. The summed E-state index contributed by atoms with van der Waals surface area (Å²) in [5.41, 5.74) is 11.7. The van der Waals surface area contributed by atoms with Crippen molar-refractivity contribution in [1.29, 1.82) is 0 Å². The second kappa shape index (κ2) is 19.9. The minimum atomic E-state index is -0.972. The molecule has 56 heavy (non-hydrogen) atoms. The van der Waals surface area contributed by atoms with Gasteiger partial charge in [0.05, 0.1) is 18.8 Å². The molecular formula is C43H42B2N2O9. The van der Waals surface area contributed by atoms with Gasteiger partial charge in [-0.05, 0) is 106 Å². The first-order valence-corrected chi connectivity index (χ1v) is 17.5. The second-order valence-corrected chi connectivity index (χ2v) is 12.5. The summed E-state index contributed by atoms with van der Waals surface area (Å²) in [4.78, 5) is 23.0. The van der Waals surface area contributed by atoms with Crippen LogP contribution in [0, 0.1) is 0 Å². The van der Waals surface area contributed by atoms with E-state index in [-0.39, 0.29) is 18.9 Å². The number of aromatic carboxylic acids is 1. The highest BCUT2D eigenvalue weighted by Crippen LogP contribution is 2.25. The van der Waals surface area contributed by atoms with Crippen molar-refractivity contribution in [3.05, 3.63) is 179 Å². The topological polar surface area (TPSA) is 170 Å². The number of carboxylic acid groups (broad SMARTS) is 1. The predicted molar refractivity (Wildman–Crippen MR) is 216 cm³/mol. The Morgan fingerprint density at radius 3 is 1.46 bits per heavy atom. The summed E-state index contributed by atoms with van der Waals surface area (Å²) in [6, 6.07) is 43.7. The minimum absolute atomic E-state index is 0. The van der Waals surface area contributed by atoms with Gasteiger partial charge in [-0.1, -0.05) is 80.2 Å². The van der Waals surface area contributed by atoms with Gasteiger partial charge in [-0.2, -0.15) is 0 Å². The summed E-state index contributed by atoms with van der Waals surface area (Å²) >= 11 is 0. The molecule has 0 fully saturated rings. The average molecular weight is 752 g/mol. The number of carbonyl (C=O) groups excluding carboxylic acids is 1. The fraction of sp³-hybridized carbons (Fsp3) is 0.116. The molecule has 6 N–H and O–H groups in total. The van der Waals surface area contributed by atoms with Crippen LogP contribution in [0.25, 0.3) is 0 Å². The SMILES string of the molecule is C.NCc1ccccc1.O=C(NCc1ccccc1)c1ccc(Oc2ccc3c(c2)COB3O)cc1.O=C(O)c1ccc(Oc2ccc3c(c2)COB3O)cc1. The molecule has 2 aliphatic heterocycles. The maximum atomic E-state index is 12.3. The maximum absolute atomic E-state index is 12.3. The van der Waals surface area contributed by atoms with Gasteiger partial charge < -0.3 is 45.0 Å². The number of hydrogen-bond acceptors (Lipinski definition) is 9. The Hall–Kier alpha value is -6.21. The van der Waals surface area contributed by atoms with E-state index in [1.54, 1.807) is 66.7 Å². The maximum Gasteiger partial charge on any atom is 0.491 e. The zero-order chi connectivity index (χ0) is 38.6. The zero-order valence-corrected chi connectivity index (χ0v) is 29.7. The van der Waals surface area contributed by atoms with Crippen LogP contribution in [0.2, 0.25) is 0 Å². The molecule has 8 rings (SSSR count). The van der Waals surface area contributed by atoms with Crippen molar-refractivity contribution in [2.75, 3.05) is 0 Å². The van der Waals surface area contributed by atoms with Crippen LogP contribution in [0.1, 0.15) is 50.4 Å². The summed E-state index contributed by atoms with van der Waals surface area (Å²) < 4.78 is 21.8. The van der Waals surface area contributed by atoms with Gasteiger partial charge in [0.25, 0.3) is 5.91 Å². The molecule has 0 bridgehead atoms. The molecule has 0 aromatic heterocycles. The van der Waals surface area contributed by atoms with Gasteiger partial charge in [0.2, 0.25) is 0 Å². The van der Waals surface area contributed by atoms with Crippen LogP contribution in [0.15, 0.2) is 146 Å². The number of benzene rings is 6. The lowest BCUT2D eigenvalue weighted by Gasteiger charge is -2.09. The Balaban J connectivity index is 0.000000181. The van der Waals surface area contributed by atoms with Crippen molar-refractivity contribution in [2.45, 2.75) is 33.7 Å². The van der Waals surface area contributed by atoms with Crippen molar-refractivity contribution < 1.29 is 43.5 Å². The number of ether oxygens (including phenoxy) is 2. The number of amides is 1. The lowest BCUT2D eigenvalue weighted by atomic mass is 9.80. The Morgan fingerprint density at radius 1 is 0.607 bits per heavy atom. The fourth-order valence-corrected chi connectivity index (χ4v) is 5.65. The van der Waals surface area contributed by atoms with Gasteiger partial charge in [-0.3, -0.25) is 4.79 Å². The van der Waals surface area contributed by atoms with Gasteiger partial charge in [0.1, 0.15) is 23.0 Å². The van der Waals surface area contributed by atoms with E-state index in [0.717, 1.165) is 27.6 Å². The van der Waals surface area contributed by atoms with E-state index >= 15 is 0 Å². The number of fused-ring (bicyclic) bond motifs is 2. The monoisotopic (exact) mass is 752 g/mol. The zero-order valence-electron chi connectivity index (χ0n) is 29.7. The molecule has 0 aliphatic carbocycles. The molecule has 2 aliphatic rings. The van der Waals surface area contributed by atoms with Crippen molar-refractivity contribution in [2.24, 2.45) is 5.73 Å². The van der Waals surface area contributed by atoms with Crippen LogP contribution in [0.4, 0.5) is 0 Å². The van der Waals surface area contributed by atoms with E-state index in [0.29, 0.717) is 54.9 Å². The third kappa shape index (κ3) is 11.2. The molecule has 0 spiro atoms. The summed E-state index contributed by atoms with van der Waals surface area (Å²) in [5.74, 6) is 1.36.